The van der Waals surface area contributed by atoms with Crippen LogP contribution in [-0.4, -0.2) is 36.3 Å². The van der Waals surface area contributed by atoms with Gasteiger partial charge in [0.15, 0.2) is 0 Å². The summed E-state index contributed by atoms with van der Waals surface area (Å²) in [6.45, 7) is 8.06. The summed E-state index contributed by atoms with van der Waals surface area (Å²) in [7, 11) is 0. The number of hydrogen-bond acceptors (Lipinski definition) is 5. The molecule has 0 bridgehead atoms. The molecule has 0 N–H and O–H groups in total. The molecule has 0 rings (SSSR count). The molecule has 0 saturated carbocycles. The maximum Gasteiger partial charge on any atom is 0.140 e. The lowest BCUT2D eigenvalue weighted by atomic mass is 9.93. The molecule has 0 aromatic carbocycles. The lowest BCUT2D eigenvalue weighted by Crippen LogP contribution is -2.19. The Kier molecular flexibility index (Phi) is 35.4. The second kappa shape index (κ2) is 36.4. The van der Waals surface area contributed by atoms with Crippen LogP contribution in [0.5, 0.6) is 0 Å². The molecular formula is C44H82O5. The molecule has 288 valence electrons. The van der Waals surface area contributed by atoms with Gasteiger partial charge in [-0.25, -0.2) is 0 Å². The van der Waals surface area contributed by atoms with E-state index in [0.717, 1.165) is 51.7 Å². The number of ketones is 4. The van der Waals surface area contributed by atoms with E-state index in [1.165, 1.54) is 167 Å². The molecule has 0 aliphatic carbocycles. The molecule has 0 aromatic rings. The molecule has 0 saturated heterocycles. The molecule has 0 radical (unpaired) electrons. The lowest BCUT2D eigenvalue weighted by molar-refractivity contribution is -0.132. The van der Waals surface area contributed by atoms with Crippen LogP contribution in [0.3, 0.4) is 0 Å². The Hall–Kier alpha value is -1.36. The summed E-state index contributed by atoms with van der Waals surface area (Å²) in [4.78, 5) is 45.9. The zero-order valence-corrected chi connectivity index (χ0v) is 33.2. The Labute approximate surface area is 304 Å². The minimum absolute atomic E-state index is 0.0287. The monoisotopic (exact) mass is 691 g/mol. The third-order valence-corrected chi connectivity index (χ3v) is 10.5. The third kappa shape index (κ3) is 33.5. The Morgan fingerprint density at radius 2 is 0.449 bits per heavy atom. The van der Waals surface area contributed by atoms with Gasteiger partial charge in [0.2, 0.25) is 0 Å². The summed E-state index contributed by atoms with van der Waals surface area (Å²) in [6, 6.07) is 0. The van der Waals surface area contributed by atoms with Crippen LogP contribution in [-0.2, 0) is 23.9 Å². The number of hydrogen-bond donors (Lipinski definition) is 0. The van der Waals surface area contributed by atoms with Gasteiger partial charge in [0.1, 0.15) is 23.1 Å². The molecule has 0 spiro atoms. The second-order valence-corrected chi connectivity index (χ2v) is 15.3. The first-order valence-corrected chi connectivity index (χ1v) is 21.4. The molecule has 5 heteroatoms. The van der Waals surface area contributed by atoms with E-state index in [-0.39, 0.29) is 35.0 Å². The highest BCUT2D eigenvalue weighted by atomic mass is 16.5. The van der Waals surface area contributed by atoms with Gasteiger partial charge in [-0.3, -0.25) is 19.2 Å². The highest BCUT2D eigenvalue weighted by molar-refractivity contribution is 6.00. The van der Waals surface area contributed by atoms with Crippen LogP contribution in [0.15, 0.2) is 0 Å². The van der Waals surface area contributed by atoms with Crippen LogP contribution in [0.25, 0.3) is 0 Å². The quantitative estimate of drug-likeness (QED) is 0.0472. The van der Waals surface area contributed by atoms with E-state index >= 15 is 0 Å². The fourth-order valence-electron chi connectivity index (χ4n) is 7.19. The number of ether oxygens (including phenoxy) is 1. The van der Waals surface area contributed by atoms with Crippen molar-refractivity contribution in [3.63, 3.8) is 0 Å². The van der Waals surface area contributed by atoms with Crippen molar-refractivity contribution in [1.29, 1.82) is 0 Å². The van der Waals surface area contributed by atoms with Crippen LogP contribution in [0, 0.1) is 11.8 Å². The minimum Gasteiger partial charge on any atom is -0.381 e. The summed E-state index contributed by atoms with van der Waals surface area (Å²) in [5.74, 6) is -0.601. The molecule has 0 heterocycles. The average Bonchev–Trinajstić information content (AvgIpc) is 3.05. The molecule has 0 aliphatic rings. The van der Waals surface area contributed by atoms with Gasteiger partial charge in [-0.2, -0.15) is 0 Å². The van der Waals surface area contributed by atoms with Gasteiger partial charge in [0.05, 0.1) is 11.8 Å². The van der Waals surface area contributed by atoms with E-state index < -0.39 is 0 Å². The van der Waals surface area contributed by atoms with Crippen LogP contribution >= 0.6 is 0 Å². The Balaban J connectivity index is 3.18. The van der Waals surface area contributed by atoms with E-state index in [1.54, 1.807) is 27.7 Å². The van der Waals surface area contributed by atoms with Crippen LogP contribution in [0.2, 0.25) is 0 Å². The zero-order chi connectivity index (χ0) is 36.2. The van der Waals surface area contributed by atoms with Crippen molar-refractivity contribution >= 4 is 23.1 Å². The molecule has 0 unspecified atom stereocenters. The SMILES string of the molecule is CC(=O)C(CCCCCCCCCCCCCCCCCOCCCCCCCCCCCCCCCCCC(C(C)=O)C(C)=O)C(C)=O. The smallest absolute Gasteiger partial charge is 0.140 e. The summed E-state index contributed by atoms with van der Waals surface area (Å²) in [6.07, 6.45) is 40.6. The summed E-state index contributed by atoms with van der Waals surface area (Å²) in [5, 5.41) is 0. The van der Waals surface area contributed by atoms with Crippen molar-refractivity contribution in [1.82, 2.24) is 0 Å². The van der Waals surface area contributed by atoms with E-state index in [0.29, 0.717) is 0 Å². The van der Waals surface area contributed by atoms with Crippen LogP contribution in [0.1, 0.15) is 233 Å². The number of carbonyl (C=O) groups excluding carboxylic acids is 4. The molecule has 0 fully saturated rings. The number of Topliss-reactive ketones (excluding diaryl/α,β-unsaturated/α-hetero) is 4. The first-order valence-electron chi connectivity index (χ1n) is 21.4. The van der Waals surface area contributed by atoms with Gasteiger partial charge >= 0.3 is 0 Å². The van der Waals surface area contributed by atoms with Gasteiger partial charge in [-0.1, -0.05) is 180 Å². The largest absolute Gasteiger partial charge is 0.381 e. The minimum atomic E-state index is -0.358. The highest BCUT2D eigenvalue weighted by Crippen LogP contribution is 2.18. The van der Waals surface area contributed by atoms with Crippen LogP contribution < -0.4 is 0 Å². The predicted octanol–water partition coefficient (Wildman–Crippen LogP) is 13.1. The normalized spacial score (nSPS) is 11.6. The number of unbranched alkanes of at least 4 members (excludes halogenated alkanes) is 28. The van der Waals surface area contributed by atoms with Crippen molar-refractivity contribution in [2.45, 2.75) is 233 Å². The highest BCUT2D eigenvalue weighted by Gasteiger charge is 2.19. The fraction of sp³-hybridized carbons (Fsp3) is 0.909. The van der Waals surface area contributed by atoms with Gasteiger partial charge < -0.3 is 4.74 Å². The molecule has 0 aromatic heterocycles. The maximum absolute atomic E-state index is 11.5. The first-order chi connectivity index (χ1) is 23.8. The van der Waals surface area contributed by atoms with Crippen molar-refractivity contribution < 1.29 is 23.9 Å². The van der Waals surface area contributed by atoms with Gasteiger partial charge in [0.25, 0.3) is 0 Å². The summed E-state index contributed by atoms with van der Waals surface area (Å²) in [5.41, 5.74) is 0. The van der Waals surface area contributed by atoms with Gasteiger partial charge in [0, 0.05) is 13.2 Å². The molecular weight excluding hydrogens is 608 g/mol. The topological polar surface area (TPSA) is 77.5 Å². The van der Waals surface area contributed by atoms with Crippen molar-refractivity contribution in [3.05, 3.63) is 0 Å². The van der Waals surface area contributed by atoms with Gasteiger partial charge in [-0.15, -0.1) is 0 Å². The molecule has 0 amide bonds. The first kappa shape index (κ1) is 47.6. The van der Waals surface area contributed by atoms with E-state index in [1.807, 2.05) is 0 Å². The van der Waals surface area contributed by atoms with E-state index in [2.05, 4.69) is 0 Å². The summed E-state index contributed by atoms with van der Waals surface area (Å²) < 4.78 is 5.88. The zero-order valence-electron chi connectivity index (χ0n) is 33.2. The van der Waals surface area contributed by atoms with Crippen molar-refractivity contribution in [3.8, 4) is 0 Å². The Morgan fingerprint density at radius 3 is 0.633 bits per heavy atom. The van der Waals surface area contributed by atoms with E-state index in [4.69, 9.17) is 4.74 Å². The van der Waals surface area contributed by atoms with E-state index in [9.17, 15) is 19.2 Å². The molecule has 5 nitrogen and oxygen atoms in total. The van der Waals surface area contributed by atoms with Crippen molar-refractivity contribution in [2.75, 3.05) is 13.2 Å². The second-order valence-electron chi connectivity index (χ2n) is 15.3. The predicted molar refractivity (Wildman–Crippen MR) is 208 cm³/mol. The van der Waals surface area contributed by atoms with Gasteiger partial charge in [-0.05, 0) is 53.4 Å². The molecule has 0 atom stereocenters. The summed E-state index contributed by atoms with van der Waals surface area (Å²) >= 11 is 0. The molecule has 49 heavy (non-hydrogen) atoms. The lowest BCUT2D eigenvalue weighted by Gasteiger charge is -2.09. The standard InChI is InChI=1S/C44H82O5/c1-39(45)43(40(2)46)35-31-27-23-19-15-11-7-5-9-13-17-21-25-29-33-37-49-38-34-30-26-22-18-14-10-6-8-12-16-20-24-28-32-36-44(41(3)47)42(4)48/h43-44H,5-38H2,1-4H3. The Bertz CT molecular complexity index is 698. The Morgan fingerprint density at radius 1 is 0.286 bits per heavy atom. The number of carbonyl (C=O) groups is 4. The molecule has 0 aliphatic heterocycles. The van der Waals surface area contributed by atoms with Crippen LogP contribution in [0.4, 0.5) is 0 Å². The fourth-order valence-corrected chi connectivity index (χ4v) is 7.19. The van der Waals surface area contributed by atoms with Crippen molar-refractivity contribution in [2.24, 2.45) is 11.8 Å². The maximum atomic E-state index is 11.5. The third-order valence-electron chi connectivity index (χ3n) is 10.5. The number of rotatable bonds is 40. The average molecular weight is 691 g/mol.